The van der Waals surface area contributed by atoms with E-state index in [2.05, 4.69) is 15.5 Å². The number of amides is 2. The van der Waals surface area contributed by atoms with Crippen LogP contribution in [0.3, 0.4) is 0 Å². The van der Waals surface area contributed by atoms with Gasteiger partial charge in [-0.2, -0.15) is 0 Å². The molecular formula is C18H22FN3O3. The number of nitrogens with one attached hydrogen (secondary N) is 2. The van der Waals surface area contributed by atoms with Crippen LogP contribution in [0, 0.1) is 12.7 Å². The maximum Gasteiger partial charge on any atom is 0.319 e. The lowest BCUT2D eigenvalue weighted by Gasteiger charge is -2.33. The zero-order chi connectivity index (χ0) is 17.6. The summed E-state index contributed by atoms with van der Waals surface area (Å²) in [6, 6.07) is 9.10. The van der Waals surface area contributed by atoms with Gasteiger partial charge in [0.1, 0.15) is 17.3 Å². The van der Waals surface area contributed by atoms with E-state index in [9.17, 15) is 9.18 Å². The van der Waals surface area contributed by atoms with Crippen molar-refractivity contribution in [3.63, 3.8) is 0 Å². The Morgan fingerprint density at radius 3 is 2.56 bits per heavy atom. The molecular weight excluding hydrogens is 325 g/mol. The number of hydrogen-bond acceptors (Lipinski definition) is 4. The first-order valence-corrected chi connectivity index (χ1v) is 8.30. The first-order chi connectivity index (χ1) is 12.1. The molecule has 2 amide bonds. The number of furan rings is 1. The summed E-state index contributed by atoms with van der Waals surface area (Å²) in [7, 11) is 0. The molecule has 1 saturated heterocycles. The molecule has 134 valence electrons. The van der Waals surface area contributed by atoms with Crippen molar-refractivity contribution in [2.75, 3.05) is 38.2 Å². The highest BCUT2D eigenvalue weighted by Gasteiger charge is 2.25. The van der Waals surface area contributed by atoms with Crippen LogP contribution in [0.1, 0.15) is 17.6 Å². The van der Waals surface area contributed by atoms with E-state index in [0.717, 1.165) is 24.6 Å². The highest BCUT2D eigenvalue weighted by molar-refractivity contribution is 5.89. The fourth-order valence-corrected chi connectivity index (χ4v) is 2.83. The SMILES string of the molecule is Cc1ccc([C@H](CNC(=O)Nc2ccc(F)cc2)N2CCOCC2)o1. The van der Waals surface area contributed by atoms with E-state index in [1.54, 1.807) is 0 Å². The lowest BCUT2D eigenvalue weighted by molar-refractivity contribution is 0.0122. The van der Waals surface area contributed by atoms with Crippen LogP contribution in [0.2, 0.25) is 0 Å². The second-order valence-corrected chi connectivity index (χ2v) is 5.95. The lowest BCUT2D eigenvalue weighted by atomic mass is 10.1. The van der Waals surface area contributed by atoms with E-state index in [-0.39, 0.29) is 17.9 Å². The Hall–Kier alpha value is -2.38. The number of anilines is 1. The number of halogens is 1. The minimum absolute atomic E-state index is 0.0587. The summed E-state index contributed by atoms with van der Waals surface area (Å²) in [5, 5.41) is 5.56. The topological polar surface area (TPSA) is 66.7 Å². The Kier molecular flexibility index (Phi) is 5.67. The molecule has 1 atom stereocenters. The fourth-order valence-electron chi connectivity index (χ4n) is 2.83. The summed E-state index contributed by atoms with van der Waals surface area (Å²) in [5.41, 5.74) is 0.538. The molecule has 1 aromatic heterocycles. The van der Waals surface area contributed by atoms with Crippen molar-refractivity contribution in [3.05, 3.63) is 53.7 Å². The average Bonchev–Trinajstić information content (AvgIpc) is 3.04. The highest BCUT2D eigenvalue weighted by atomic mass is 19.1. The zero-order valence-electron chi connectivity index (χ0n) is 14.1. The van der Waals surface area contributed by atoms with E-state index in [4.69, 9.17) is 9.15 Å². The second kappa shape index (κ2) is 8.13. The van der Waals surface area contributed by atoms with Crippen LogP contribution in [0.5, 0.6) is 0 Å². The third-order valence-corrected chi connectivity index (χ3v) is 4.13. The molecule has 2 heterocycles. The molecule has 2 N–H and O–H groups in total. The molecule has 0 saturated carbocycles. The highest BCUT2D eigenvalue weighted by Crippen LogP contribution is 2.23. The lowest BCUT2D eigenvalue weighted by Crippen LogP contribution is -2.44. The maximum atomic E-state index is 12.9. The minimum atomic E-state index is -0.341. The van der Waals surface area contributed by atoms with Crippen LogP contribution < -0.4 is 10.6 Å². The quantitative estimate of drug-likeness (QED) is 0.873. The van der Waals surface area contributed by atoms with Gasteiger partial charge in [-0.05, 0) is 43.3 Å². The van der Waals surface area contributed by atoms with Crippen LogP contribution >= 0.6 is 0 Å². The number of carbonyl (C=O) groups is 1. The van der Waals surface area contributed by atoms with Crippen molar-refractivity contribution in [1.82, 2.24) is 10.2 Å². The maximum absolute atomic E-state index is 12.9. The summed E-state index contributed by atoms with van der Waals surface area (Å²) in [4.78, 5) is 14.4. The van der Waals surface area contributed by atoms with Crippen LogP contribution in [0.4, 0.5) is 14.9 Å². The smallest absolute Gasteiger partial charge is 0.319 e. The first-order valence-electron chi connectivity index (χ1n) is 8.30. The molecule has 1 aliphatic rings. The van der Waals surface area contributed by atoms with E-state index >= 15 is 0 Å². The summed E-state index contributed by atoms with van der Waals surface area (Å²) in [5.74, 6) is 1.32. The van der Waals surface area contributed by atoms with Crippen molar-refractivity contribution >= 4 is 11.7 Å². The Morgan fingerprint density at radius 2 is 1.92 bits per heavy atom. The number of aryl methyl sites for hydroxylation is 1. The summed E-state index contributed by atoms with van der Waals surface area (Å²) < 4.78 is 24.1. The number of rotatable bonds is 5. The number of nitrogens with zero attached hydrogens (tertiary/aromatic N) is 1. The molecule has 2 aromatic rings. The van der Waals surface area contributed by atoms with Gasteiger partial charge in [0.15, 0.2) is 0 Å². The molecule has 1 aromatic carbocycles. The number of urea groups is 1. The Bertz CT molecular complexity index is 696. The van der Waals surface area contributed by atoms with E-state index in [0.29, 0.717) is 25.4 Å². The van der Waals surface area contributed by atoms with Gasteiger partial charge in [0, 0.05) is 25.3 Å². The molecule has 0 spiro atoms. The van der Waals surface area contributed by atoms with Gasteiger partial charge in [-0.3, -0.25) is 4.90 Å². The molecule has 25 heavy (non-hydrogen) atoms. The van der Waals surface area contributed by atoms with Crippen LogP contribution in [-0.2, 0) is 4.74 Å². The van der Waals surface area contributed by atoms with Gasteiger partial charge in [0.25, 0.3) is 0 Å². The van der Waals surface area contributed by atoms with E-state index < -0.39 is 0 Å². The van der Waals surface area contributed by atoms with Gasteiger partial charge >= 0.3 is 6.03 Å². The molecule has 1 fully saturated rings. The van der Waals surface area contributed by atoms with Gasteiger partial charge in [-0.25, -0.2) is 9.18 Å². The van der Waals surface area contributed by atoms with Crippen LogP contribution in [-0.4, -0.2) is 43.8 Å². The molecule has 0 aliphatic carbocycles. The van der Waals surface area contributed by atoms with Crippen molar-refractivity contribution in [2.24, 2.45) is 0 Å². The Labute approximate surface area is 145 Å². The first kappa shape index (κ1) is 17.4. The normalized spacial score (nSPS) is 16.4. The van der Waals surface area contributed by atoms with Gasteiger partial charge in [0.05, 0.1) is 19.3 Å². The standard InChI is InChI=1S/C18H22FN3O3/c1-13-2-7-17(25-13)16(22-8-10-24-11-9-22)12-20-18(23)21-15-5-3-14(19)4-6-15/h2-7,16H,8-12H2,1H3,(H2,20,21,23)/t16-/m0/s1. The Balaban J connectivity index is 1.61. The predicted molar refractivity (Wildman–Crippen MR) is 92.0 cm³/mol. The molecule has 1 aliphatic heterocycles. The Morgan fingerprint density at radius 1 is 1.20 bits per heavy atom. The number of hydrogen-bond donors (Lipinski definition) is 2. The third-order valence-electron chi connectivity index (χ3n) is 4.13. The monoisotopic (exact) mass is 347 g/mol. The molecule has 0 unspecified atom stereocenters. The number of carbonyl (C=O) groups excluding carboxylic acids is 1. The van der Waals surface area contributed by atoms with E-state index in [1.165, 1.54) is 24.3 Å². The summed E-state index contributed by atoms with van der Waals surface area (Å²) in [6.07, 6.45) is 0. The third kappa shape index (κ3) is 4.80. The largest absolute Gasteiger partial charge is 0.465 e. The molecule has 3 rings (SSSR count). The van der Waals surface area contributed by atoms with Crippen molar-refractivity contribution in [1.29, 1.82) is 0 Å². The fraction of sp³-hybridized carbons (Fsp3) is 0.389. The summed E-state index contributed by atoms with van der Waals surface area (Å²) >= 11 is 0. The molecule has 0 bridgehead atoms. The van der Waals surface area contributed by atoms with Gasteiger partial charge in [-0.1, -0.05) is 0 Å². The number of morpholine rings is 1. The van der Waals surface area contributed by atoms with Gasteiger partial charge in [-0.15, -0.1) is 0 Å². The predicted octanol–water partition coefficient (Wildman–Crippen LogP) is 2.92. The van der Waals surface area contributed by atoms with Crippen molar-refractivity contribution < 1.29 is 18.3 Å². The van der Waals surface area contributed by atoms with Crippen molar-refractivity contribution in [3.8, 4) is 0 Å². The zero-order valence-corrected chi connectivity index (χ0v) is 14.1. The molecule has 6 nitrogen and oxygen atoms in total. The molecule has 0 radical (unpaired) electrons. The number of ether oxygens (including phenoxy) is 1. The van der Waals surface area contributed by atoms with E-state index in [1.807, 2.05) is 19.1 Å². The number of benzene rings is 1. The van der Waals surface area contributed by atoms with Crippen LogP contribution in [0.15, 0.2) is 40.8 Å². The van der Waals surface area contributed by atoms with Crippen molar-refractivity contribution in [2.45, 2.75) is 13.0 Å². The summed E-state index contributed by atoms with van der Waals surface area (Å²) in [6.45, 7) is 5.20. The van der Waals surface area contributed by atoms with Gasteiger partial charge in [0.2, 0.25) is 0 Å². The molecule has 7 heteroatoms. The average molecular weight is 347 g/mol. The second-order valence-electron chi connectivity index (χ2n) is 5.95. The minimum Gasteiger partial charge on any atom is -0.465 e. The van der Waals surface area contributed by atoms with Gasteiger partial charge < -0.3 is 19.8 Å². The van der Waals surface area contributed by atoms with Crippen LogP contribution in [0.25, 0.3) is 0 Å².